The van der Waals surface area contributed by atoms with Gasteiger partial charge in [0, 0.05) is 17.5 Å². The summed E-state index contributed by atoms with van der Waals surface area (Å²) >= 11 is 0. The van der Waals surface area contributed by atoms with Gasteiger partial charge in [-0.1, -0.05) is 30.4 Å². The number of aryl methyl sites for hydroxylation is 1. The number of aromatic carboxylic acids is 1. The molecule has 7 heteroatoms. The number of carbonyl (C=O) groups excluding carboxylic acids is 1. The third-order valence-corrected chi connectivity index (χ3v) is 6.30. The number of carboxylic acids is 2. The van der Waals surface area contributed by atoms with Gasteiger partial charge in [0.05, 0.1) is 19.3 Å². The van der Waals surface area contributed by atoms with E-state index in [4.69, 9.17) is 14.6 Å². The monoisotopic (exact) mass is 500 g/mol. The zero-order valence-corrected chi connectivity index (χ0v) is 20.5. The topological polar surface area (TPSA) is 110 Å². The minimum absolute atomic E-state index is 0.0449. The fourth-order valence-electron chi connectivity index (χ4n) is 4.33. The van der Waals surface area contributed by atoms with Crippen LogP contribution in [-0.2, 0) is 11.2 Å². The number of rotatable bonds is 12. The van der Waals surface area contributed by atoms with E-state index in [0.717, 1.165) is 30.6 Å². The minimum Gasteiger partial charge on any atom is -0.497 e. The number of ketones is 1. The lowest BCUT2D eigenvalue weighted by molar-refractivity contribution is -0.136. The first kappa shape index (κ1) is 25.7. The summed E-state index contributed by atoms with van der Waals surface area (Å²) < 4.78 is 11.2. The predicted octanol–water partition coefficient (Wildman–Crippen LogP) is 5.88. The molecule has 3 aromatic carbocycles. The summed E-state index contributed by atoms with van der Waals surface area (Å²) in [4.78, 5) is 35.5. The highest BCUT2D eigenvalue weighted by Gasteiger charge is 2.29. The van der Waals surface area contributed by atoms with Gasteiger partial charge in [0.2, 0.25) is 0 Å². The zero-order valence-electron chi connectivity index (χ0n) is 20.5. The molecule has 3 aromatic rings. The Morgan fingerprint density at radius 1 is 0.892 bits per heavy atom. The first-order valence-electron chi connectivity index (χ1n) is 12.1. The number of hydrogen-bond donors (Lipinski definition) is 2. The van der Waals surface area contributed by atoms with Crippen LogP contribution in [0.3, 0.4) is 0 Å². The number of aliphatic carboxylic acids is 1. The Hall–Kier alpha value is -4.39. The van der Waals surface area contributed by atoms with Gasteiger partial charge in [-0.05, 0) is 84.3 Å². The van der Waals surface area contributed by atoms with Gasteiger partial charge in [0.1, 0.15) is 11.5 Å². The van der Waals surface area contributed by atoms with Crippen molar-refractivity contribution in [1.82, 2.24) is 0 Å². The van der Waals surface area contributed by atoms with Gasteiger partial charge in [-0.25, -0.2) is 4.79 Å². The van der Waals surface area contributed by atoms with Crippen LogP contribution in [-0.4, -0.2) is 41.7 Å². The number of methoxy groups -OCH3 is 1. The fourth-order valence-corrected chi connectivity index (χ4v) is 4.33. The van der Waals surface area contributed by atoms with Crippen LogP contribution >= 0.6 is 0 Å². The summed E-state index contributed by atoms with van der Waals surface area (Å²) in [7, 11) is 1.64. The molecular weight excluding hydrogens is 472 g/mol. The number of fused-ring (bicyclic) bond motifs is 3. The number of allylic oxidation sites excluding steroid dienone is 1. The molecule has 37 heavy (non-hydrogen) atoms. The summed E-state index contributed by atoms with van der Waals surface area (Å²) in [5.74, 6) is -0.926. The molecule has 0 radical (unpaired) electrons. The molecule has 190 valence electrons. The molecule has 0 saturated carbocycles. The van der Waals surface area contributed by atoms with Gasteiger partial charge in [0.25, 0.3) is 0 Å². The third kappa shape index (κ3) is 6.06. The summed E-state index contributed by atoms with van der Waals surface area (Å²) in [5, 5.41) is 18.5. The molecule has 1 aliphatic rings. The molecule has 0 spiro atoms. The number of carboxylic acid groups (broad SMARTS) is 2. The molecule has 0 unspecified atom stereocenters. The molecular formula is C30H28O7. The predicted molar refractivity (Wildman–Crippen MR) is 140 cm³/mol. The van der Waals surface area contributed by atoms with Crippen molar-refractivity contribution in [2.24, 2.45) is 0 Å². The maximum Gasteiger partial charge on any atom is 0.335 e. The van der Waals surface area contributed by atoms with Crippen LogP contribution in [0.15, 0.2) is 60.7 Å². The van der Waals surface area contributed by atoms with E-state index in [1.54, 1.807) is 25.3 Å². The van der Waals surface area contributed by atoms with Gasteiger partial charge < -0.3 is 19.7 Å². The van der Waals surface area contributed by atoms with Gasteiger partial charge in [-0.15, -0.1) is 0 Å². The largest absolute Gasteiger partial charge is 0.497 e. The van der Waals surface area contributed by atoms with Gasteiger partial charge in [-0.3, -0.25) is 9.59 Å². The van der Waals surface area contributed by atoms with Crippen LogP contribution < -0.4 is 9.47 Å². The van der Waals surface area contributed by atoms with E-state index < -0.39 is 11.9 Å². The Labute approximate surface area is 215 Å². The Balaban J connectivity index is 1.42. The van der Waals surface area contributed by atoms with Crippen molar-refractivity contribution in [2.45, 2.75) is 32.1 Å². The van der Waals surface area contributed by atoms with Crippen LogP contribution in [0.5, 0.6) is 11.5 Å². The van der Waals surface area contributed by atoms with E-state index in [1.165, 1.54) is 12.1 Å². The van der Waals surface area contributed by atoms with Gasteiger partial charge in [-0.2, -0.15) is 0 Å². The average Bonchev–Trinajstić information content (AvgIpc) is 3.17. The minimum atomic E-state index is -1.10. The zero-order chi connectivity index (χ0) is 26.4. The van der Waals surface area contributed by atoms with E-state index in [0.29, 0.717) is 40.2 Å². The van der Waals surface area contributed by atoms with Crippen molar-refractivity contribution in [3.63, 3.8) is 0 Å². The molecule has 0 amide bonds. The number of benzene rings is 3. The molecule has 0 saturated heterocycles. The summed E-state index contributed by atoms with van der Waals surface area (Å²) in [6.45, 7) is 0.452. The fraction of sp³-hybridized carbons (Fsp3) is 0.233. The average molecular weight is 501 g/mol. The highest BCUT2D eigenvalue weighted by Crippen LogP contribution is 2.41. The number of ether oxygens (including phenoxy) is 2. The van der Waals surface area contributed by atoms with Crippen LogP contribution in [0.1, 0.15) is 63.1 Å². The van der Waals surface area contributed by atoms with E-state index in [2.05, 4.69) is 12.2 Å². The van der Waals surface area contributed by atoms with Crippen molar-refractivity contribution >= 4 is 23.8 Å². The Morgan fingerprint density at radius 2 is 1.65 bits per heavy atom. The van der Waals surface area contributed by atoms with E-state index in [1.807, 2.05) is 24.3 Å². The second-order valence-corrected chi connectivity index (χ2v) is 8.81. The number of carbonyl (C=O) groups is 3. The van der Waals surface area contributed by atoms with Crippen LogP contribution in [0.4, 0.5) is 0 Å². The van der Waals surface area contributed by atoms with Crippen molar-refractivity contribution in [3.8, 4) is 22.6 Å². The van der Waals surface area contributed by atoms with Crippen LogP contribution in [0.2, 0.25) is 0 Å². The van der Waals surface area contributed by atoms with Crippen molar-refractivity contribution in [1.29, 1.82) is 0 Å². The molecule has 0 fully saturated rings. The first-order valence-corrected chi connectivity index (χ1v) is 12.1. The summed E-state index contributed by atoms with van der Waals surface area (Å²) in [5.41, 5.74) is 3.90. The van der Waals surface area contributed by atoms with Gasteiger partial charge in [0.15, 0.2) is 5.78 Å². The second kappa shape index (κ2) is 11.6. The normalized spacial score (nSPS) is 11.9. The van der Waals surface area contributed by atoms with E-state index >= 15 is 0 Å². The van der Waals surface area contributed by atoms with Gasteiger partial charge >= 0.3 is 11.9 Å². The number of hydrogen-bond acceptors (Lipinski definition) is 5. The van der Waals surface area contributed by atoms with Crippen LogP contribution in [0.25, 0.3) is 17.2 Å². The van der Waals surface area contributed by atoms with Crippen molar-refractivity contribution in [2.75, 3.05) is 13.7 Å². The smallest absolute Gasteiger partial charge is 0.335 e. The lowest BCUT2D eigenvalue weighted by atomic mass is 9.99. The maximum absolute atomic E-state index is 13.0. The molecule has 0 aromatic heterocycles. The molecule has 0 aliphatic heterocycles. The maximum atomic E-state index is 13.0. The summed E-state index contributed by atoms with van der Waals surface area (Å²) in [6.07, 6.45) is 6.93. The lowest BCUT2D eigenvalue weighted by Gasteiger charge is -2.13. The van der Waals surface area contributed by atoms with Crippen molar-refractivity contribution in [3.05, 3.63) is 88.5 Å². The SMILES string of the molecule is COc1ccc(C=CCCCCOc2cc3c(cc2CCC(=O)O)C(=O)c2cc(C(=O)O)ccc2-3)cc1. The lowest BCUT2D eigenvalue weighted by Crippen LogP contribution is -2.05. The third-order valence-electron chi connectivity index (χ3n) is 6.30. The van der Waals surface area contributed by atoms with E-state index in [9.17, 15) is 19.5 Å². The summed E-state index contributed by atoms with van der Waals surface area (Å²) in [6, 6.07) is 15.8. The Kier molecular flexibility index (Phi) is 8.03. The molecule has 2 N–H and O–H groups in total. The highest BCUT2D eigenvalue weighted by atomic mass is 16.5. The molecule has 0 atom stereocenters. The molecule has 4 rings (SSSR count). The standard InChI is InChI=1S/C30H28O7/c1-36-22-11-7-19(8-12-22)6-4-2-3-5-15-37-27-18-24-23-13-9-21(30(34)35)17-25(23)29(33)26(24)16-20(27)10-14-28(31)32/h4,6-9,11-13,16-18H,2-3,5,10,14-15H2,1H3,(H,31,32)(H,34,35). The molecule has 1 aliphatic carbocycles. The van der Waals surface area contributed by atoms with Crippen LogP contribution in [0, 0.1) is 0 Å². The Morgan fingerprint density at radius 3 is 2.35 bits per heavy atom. The quantitative estimate of drug-likeness (QED) is 0.234. The molecule has 0 heterocycles. The number of unbranched alkanes of at least 4 members (excludes halogenated alkanes) is 2. The molecule has 7 nitrogen and oxygen atoms in total. The van der Waals surface area contributed by atoms with E-state index in [-0.39, 0.29) is 24.2 Å². The van der Waals surface area contributed by atoms with Crippen molar-refractivity contribution < 1.29 is 34.1 Å². The second-order valence-electron chi connectivity index (χ2n) is 8.81. The first-order chi connectivity index (χ1) is 17.9. The Bertz CT molecular complexity index is 1350. The highest BCUT2D eigenvalue weighted by molar-refractivity contribution is 6.22. The molecule has 0 bridgehead atoms.